The molecule has 0 radical (unpaired) electrons. The van der Waals surface area contributed by atoms with E-state index in [-0.39, 0.29) is 0 Å². The van der Waals surface area contributed by atoms with Gasteiger partial charge in [0, 0.05) is 25.4 Å². The van der Waals surface area contributed by atoms with E-state index in [9.17, 15) is 19.3 Å². The zero-order valence-electron chi connectivity index (χ0n) is 10.6. The number of halogens is 1. The molecule has 8 heteroatoms. The highest BCUT2D eigenvalue weighted by Crippen LogP contribution is 2.28. The Morgan fingerprint density at radius 2 is 2.21 bits per heavy atom. The van der Waals surface area contributed by atoms with Crippen LogP contribution >= 0.6 is 11.8 Å². The Morgan fingerprint density at radius 1 is 1.58 bits per heavy atom. The largest absolute Gasteiger partial charge is 0.392 e. The normalized spacial score (nSPS) is 10.3. The van der Waals surface area contributed by atoms with Gasteiger partial charge < -0.3 is 10.6 Å². The molecule has 0 heterocycles. The van der Waals surface area contributed by atoms with Gasteiger partial charge in [-0.2, -0.15) is 11.8 Å². The number of nitrogens with two attached hydrogens (primary N) is 1. The van der Waals surface area contributed by atoms with E-state index in [1.165, 1.54) is 23.7 Å². The van der Waals surface area contributed by atoms with Gasteiger partial charge in [-0.15, -0.1) is 0 Å². The van der Waals surface area contributed by atoms with Gasteiger partial charge in [-0.25, -0.2) is 4.39 Å². The Morgan fingerprint density at radius 3 is 2.74 bits per heavy atom. The number of nitro groups is 1. The summed E-state index contributed by atoms with van der Waals surface area (Å²) >= 11 is 1.53. The average molecular weight is 287 g/mol. The standard InChI is InChI=1S/C11H14FN3O3S/c1-14(5-6-19-2)11(16)9-7(12)3-4-8(10(9)13)15(17)18/h3-4H,5-6,13H2,1-2H3. The van der Waals surface area contributed by atoms with Crippen LogP contribution in [0.15, 0.2) is 12.1 Å². The summed E-state index contributed by atoms with van der Waals surface area (Å²) in [7, 11) is 1.50. The minimum Gasteiger partial charge on any atom is -0.392 e. The first-order valence-corrected chi connectivity index (χ1v) is 6.76. The fraction of sp³-hybridized carbons (Fsp3) is 0.364. The minimum atomic E-state index is -0.857. The molecule has 0 aliphatic rings. The maximum Gasteiger partial charge on any atom is 0.293 e. The first kappa shape index (κ1) is 15.2. The van der Waals surface area contributed by atoms with Gasteiger partial charge in [0.05, 0.1) is 4.92 Å². The lowest BCUT2D eigenvalue weighted by Crippen LogP contribution is -2.30. The van der Waals surface area contributed by atoms with Gasteiger partial charge in [-0.05, 0) is 12.3 Å². The highest BCUT2D eigenvalue weighted by Gasteiger charge is 2.25. The third-order valence-corrected chi connectivity index (χ3v) is 3.15. The lowest BCUT2D eigenvalue weighted by atomic mass is 10.1. The third kappa shape index (κ3) is 3.34. The fourth-order valence-corrected chi connectivity index (χ4v) is 1.94. The second-order valence-electron chi connectivity index (χ2n) is 3.83. The highest BCUT2D eigenvalue weighted by molar-refractivity contribution is 7.98. The van der Waals surface area contributed by atoms with E-state index in [2.05, 4.69) is 0 Å². The number of nitrogens with zero attached hydrogens (tertiary/aromatic N) is 2. The molecule has 0 bridgehead atoms. The van der Waals surface area contributed by atoms with Gasteiger partial charge in [0.1, 0.15) is 17.1 Å². The topological polar surface area (TPSA) is 89.5 Å². The van der Waals surface area contributed by atoms with Crippen LogP contribution in [0.3, 0.4) is 0 Å². The molecule has 0 aliphatic carbocycles. The van der Waals surface area contributed by atoms with Gasteiger partial charge in [-0.1, -0.05) is 0 Å². The molecule has 1 aromatic carbocycles. The van der Waals surface area contributed by atoms with Crippen LogP contribution in [0.5, 0.6) is 0 Å². The Kier molecular flexibility index (Phi) is 5.11. The van der Waals surface area contributed by atoms with Gasteiger partial charge in [0.2, 0.25) is 0 Å². The van der Waals surface area contributed by atoms with Crippen LogP contribution in [0.4, 0.5) is 15.8 Å². The number of benzene rings is 1. The predicted molar refractivity (Wildman–Crippen MR) is 72.8 cm³/mol. The molecular formula is C11H14FN3O3S. The predicted octanol–water partition coefficient (Wildman–Crippen LogP) is 1.75. The quantitative estimate of drug-likeness (QED) is 0.506. The zero-order chi connectivity index (χ0) is 14.6. The number of carbonyl (C=O) groups is 1. The summed E-state index contributed by atoms with van der Waals surface area (Å²) in [5.41, 5.74) is 4.16. The summed E-state index contributed by atoms with van der Waals surface area (Å²) in [6, 6.07) is 1.83. The van der Waals surface area contributed by atoms with Crippen molar-refractivity contribution in [2.24, 2.45) is 0 Å². The first-order valence-electron chi connectivity index (χ1n) is 5.37. The molecule has 0 spiro atoms. The van der Waals surface area contributed by atoms with Crippen molar-refractivity contribution in [3.63, 3.8) is 0 Å². The molecule has 0 aromatic heterocycles. The smallest absolute Gasteiger partial charge is 0.293 e. The van der Waals surface area contributed by atoms with Crippen molar-refractivity contribution in [1.29, 1.82) is 0 Å². The molecule has 1 amide bonds. The van der Waals surface area contributed by atoms with Gasteiger partial charge in [0.25, 0.3) is 11.6 Å². The van der Waals surface area contributed by atoms with E-state index in [0.29, 0.717) is 12.3 Å². The van der Waals surface area contributed by atoms with Gasteiger partial charge in [-0.3, -0.25) is 14.9 Å². The number of nitro benzene ring substituents is 1. The minimum absolute atomic E-state index is 0.404. The van der Waals surface area contributed by atoms with Crippen LogP contribution < -0.4 is 5.73 Å². The maximum atomic E-state index is 13.7. The summed E-state index contributed by atoms with van der Waals surface area (Å²) in [5, 5.41) is 10.7. The Labute approximate surface area is 113 Å². The summed E-state index contributed by atoms with van der Waals surface area (Å²) in [5.74, 6) is -0.838. The Balaban J connectivity index is 3.15. The molecule has 104 valence electrons. The van der Waals surface area contributed by atoms with Crippen LogP contribution in [0.2, 0.25) is 0 Å². The van der Waals surface area contributed by atoms with Crippen LogP contribution in [0.1, 0.15) is 10.4 Å². The van der Waals surface area contributed by atoms with Crippen molar-refractivity contribution in [3.05, 3.63) is 33.6 Å². The number of carbonyl (C=O) groups excluding carboxylic acids is 1. The lowest BCUT2D eigenvalue weighted by Gasteiger charge is -2.17. The molecule has 0 atom stereocenters. The van der Waals surface area contributed by atoms with E-state index < -0.39 is 33.6 Å². The molecule has 6 nitrogen and oxygen atoms in total. The van der Waals surface area contributed by atoms with Crippen molar-refractivity contribution < 1.29 is 14.1 Å². The lowest BCUT2D eigenvalue weighted by molar-refractivity contribution is -0.384. The van der Waals surface area contributed by atoms with E-state index in [1.54, 1.807) is 0 Å². The summed E-state index contributed by atoms with van der Waals surface area (Å²) in [6.07, 6.45) is 1.88. The van der Waals surface area contributed by atoms with E-state index >= 15 is 0 Å². The number of hydrogen-bond acceptors (Lipinski definition) is 5. The average Bonchev–Trinajstić information content (AvgIpc) is 2.35. The summed E-state index contributed by atoms with van der Waals surface area (Å²) < 4.78 is 13.7. The Hall–Kier alpha value is -1.83. The molecule has 0 saturated heterocycles. The van der Waals surface area contributed by atoms with E-state index in [1.807, 2.05) is 6.26 Å². The number of hydrogen-bond donors (Lipinski definition) is 1. The summed E-state index contributed by atoms with van der Waals surface area (Å²) in [6.45, 7) is 0.404. The molecule has 0 saturated carbocycles. The van der Waals surface area contributed by atoms with Gasteiger partial charge in [0.15, 0.2) is 0 Å². The molecule has 0 unspecified atom stereocenters. The number of nitrogen functional groups attached to an aromatic ring is 1. The number of amides is 1. The molecule has 0 aliphatic heterocycles. The number of rotatable bonds is 5. The van der Waals surface area contributed by atoms with Crippen molar-refractivity contribution in [3.8, 4) is 0 Å². The second-order valence-corrected chi connectivity index (χ2v) is 4.82. The highest BCUT2D eigenvalue weighted by atomic mass is 32.2. The van der Waals surface area contributed by atoms with E-state index in [0.717, 1.165) is 12.1 Å². The summed E-state index contributed by atoms with van der Waals surface area (Å²) in [4.78, 5) is 23.3. The fourth-order valence-electron chi connectivity index (χ4n) is 1.48. The monoisotopic (exact) mass is 287 g/mol. The SMILES string of the molecule is CSCCN(C)C(=O)c1c(F)ccc([N+](=O)[O-])c1N. The number of anilines is 1. The maximum absolute atomic E-state index is 13.7. The van der Waals surface area contributed by atoms with E-state index in [4.69, 9.17) is 5.73 Å². The molecule has 1 rings (SSSR count). The third-order valence-electron chi connectivity index (χ3n) is 2.56. The molecule has 0 fully saturated rings. The Bertz CT molecular complexity index is 510. The molecule has 2 N–H and O–H groups in total. The van der Waals surface area contributed by atoms with Crippen molar-refractivity contribution in [2.45, 2.75) is 0 Å². The first-order chi connectivity index (χ1) is 8.90. The molecule has 1 aromatic rings. The van der Waals surface area contributed by atoms with Crippen molar-refractivity contribution in [2.75, 3.05) is 31.3 Å². The second kappa shape index (κ2) is 6.37. The van der Waals surface area contributed by atoms with Crippen LogP contribution in [-0.4, -0.2) is 41.3 Å². The number of thioether (sulfide) groups is 1. The van der Waals surface area contributed by atoms with Crippen LogP contribution in [0, 0.1) is 15.9 Å². The molecule has 19 heavy (non-hydrogen) atoms. The van der Waals surface area contributed by atoms with Crippen LogP contribution in [-0.2, 0) is 0 Å². The van der Waals surface area contributed by atoms with Crippen molar-refractivity contribution in [1.82, 2.24) is 4.90 Å². The van der Waals surface area contributed by atoms with Crippen LogP contribution in [0.25, 0.3) is 0 Å². The van der Waals surface area contributed by atoms with Crippen molar-refractivity contribution >= 4 is 29.0 Å². The van der Waals surface area contributed by atoms with Gasteiger partial charge >= 0.3 is 0 Å². The molecular weight excluding hydrogens is 273 g/mol. The zero-order valence-corrected chi connectivity index (χ0v) is 11.4.